The SMILES string of the molecule is COC(=O)C(CC#Cc1ccc2c(c1)[C@]1(C(=O)N2)[C@H](C(=O)N2CCN(Cc3ccc4c(c3)OCO4)CC2)[C@H]2C(=O)O[C@H](c3ccccc3)[C@H](c3ccccc3)N2[C@@H]1c1ccccc1OCCO)C(=O)OC. The quantitative estimate of drug-likeness (QED) is 0.0729. The van der Waals surface area contributed by atoms with E-state index in [9.17, 15) is 14.7 Å². The first-order chi connectivity index (χ1) is 34.7. The van der Waals surface area contributed by atoms with Crippen molar-refractivity contribution in [2.45, 2.75) is 42.6 Å². The van der Waals surface area contributed by atoms with E-state index in [-0.39, 0.29) is 26.4 Å². The molecule has 3 fully saturated rings. The number of amides is 2. The van der Waals surface area contributed by atoms with Crippen molar-refractivity contribution in [1.29, 1.82) is 0 Å². The lowest BCUT2D eigenvalue weighted by molar-refractivity contribution is -0.179. The van der Waals surface area contributed by atoms with E-state index in [0.29, 0.717) is 77.9 Å². The lowest BCUT2D eigenvalue weighted by Crippen LogP contribution is -2.58. The zero-order valence-electron chi connectivity index (χ0n) is 39.2. The Morgan fingerprint density at radius 1 is 0.803 bits per heavy atom. The summed E-state index contributed by atoms with van der Waals surface area (Å²) in [6.45, 7) is 2.00. The van der Waals surface area contributed by atoms with Crippen LogP contribution in [0.25, 0.3) is 0 Å². The summed E-state index contributed by atoms with van der Waals surface area (Å²) >= 11 is 0. The third kappa shape index (κ3) is 8.49. The minimum absolute atomic E-state index is 0.0729. The van der Waals surface area contributed by atoms with Gasteiger partial charge in [-0.1, -0.05) is 96.8 Å². The fourth-order valence-electron chi connectivity index (χ4n) is 11.0. The molecule has 5 heterocycles. The van der Waals surface area contributed by atoms with Gasteiger partial charge in [0.05, 0.1) is 38.8 Å². The third-order valence-corrected chi connectivity index (χ3v) is 14.2. The van der Waals surface area contributed by atoms with Gasteiger partial charge in [0, 0.05) is 56.0 Å². The molecule has 10 rings (SSSR count). The van der Waals surface area contributed by atoms with Crippen molar-refractivity contribution in [3.05, 3.63) is 155 Å². The Labute approximate surface area is 410 Å². The van der Waals surface area contributed by atoms with Crippen LogP contribution in [0.3, 0.4) is 0 Å². The number of aliphatic hydroxyl groups is 1. The molecule has 0 bridgehead atoms. The number of hydrogen-bond acceptors (Lipinski definition) is 14. The number of ether oxygens (including phenoxy) is 6. The predicted molar refractivity (Wildman–Crippen MR) is 256 cm³/mol. The van der Waals surface area contributed by atoms with Gasteiger partial charge < -0.3 is 43.7 Å². The summed E-state index contributed by atoms with van der Waals surface area (Å²) in [5.74, 6) is 1.89. The van der Waals surface area contributed by atoms with Crippen LogP contribution in [-0.2, 0) is 50.1 Å². The molecule has 0 saturated carbocycles. The van der Waals surface area contributed by atoms with Gasteiger partial charge in [-0.05, 0) is 58.7 Å². The lowest BCUT2D eigenvalue weighted by atomic mass is 9.64. The second kappa shape index (κ2) is 20.0. The standard InChI is InChI=1S/C55H52N4O12/c1-66-51(62)39(52(63)67-2)18-11-12-34-20-22-41-40(30-34)55(54(65)56-41)45(50(61)58-26-24-57(25-27-58)32-35-21-23-43-44(31-35)70-33-69-43)47-53(64)71-48(37-15-7-4-8-16-37)46(36-13-5-3-6-14-36)59(47)49(55)38-17-9-10-19-42(38)68-29-28-60/h3-10,13-17,19-23,30-31,39,45-49,60H,18,24-29,32-33H2,1-2H3,(H,56,65)/t45-,46-,47-,48+,49+,55-/m0/s1. The molecule has 0 radical (unpaired) electrons. The number of para-hydroxylation sites is 1. The van der Waals surface area contributed by atoms with Crippen LogP contribution in [0.4, 0.5) is 5.69 Å². The van der Waals surface area contributed by atoms with Crippen molar-refractivity contribution in [2.24, 2.45) is 11.8 Å². The topological polar surface area (TPSA) is 183 Å². The van der Waals surface area contributed by atoms with Crippen molar-refractivity contribution in [3.63, 3.8) is 0 Å². The summed E-state index contributed by atoms with van der Waals surface area (Å²) in [6, 6.07) is 34.1. The molecule has 16 heteroatoms. The number of nitrogens with one attached hydrogen (secondary N) is 1. The first-order valence-electron chi connectivity index (χ1n) is 23.6. The average Bonchev–Trinajstić information content (AvgIpc) is 4.09. The van der Waals surface area contributed by atoms with E-state index in [1.165, 1.54) is 14.2 Å². The van der Waals surface area contributed by atoms with E-state index in [1.54, 1.807) is 35.2 Å². The van der Waals surface area contributed by atoms with Gasteiger partial charge in [-0.3, -0.25) is 33.8 Å². The number of morpholine rings is 1. The molecule has 5 aliphatic heterocycles. The Kier molecular flexibility index (Phi) is 13.2. The minimum atomic E-state index is -1.85. The fourth-order valence-corrected chi connectivity index (χ4v) is 11.0. The maximum atomic E-state index is 16.1. The normalized spacial score (nSPS) is 23.3. The number of cyclic esters (lactones) is 1. The van der Waals surface area contributed by atoms with Crippen LogP contribution in [-0.4, -0.2) is 116 Å². The van der Waals surface area contributed by atoms with E-state index in [4.69, 9.17) is 28.4 Å². The number of aliphatic hydroxyl groups excluding tert-OH is 1. The lowest BCUT2D eigenvalue weighted by Gasteiger charge is -2.46. The summed E-state index contributed by atoms with van der Waals surface area (Å²) in [5, 5.41) is 13.2. The molecule has 5 aromatic rings. The molecular weight excluding hydrogens is 909 g/mol. The number of esters is 3. The molecule has 1 spiro atoms. The zero-order chi connectivity index (χ0) is 49.2. The number of rotatable bonds is 12. The van der Waals surface area contributed by atoms with Crippen LogP contribution >= 0.6 is 0 Å². The van der Waals surface area contributed by atoms with E-state index >= 15 is 14.4 Å². The van der Waals surface area contributed by atoms with Crippen LogP contribution in [0.15, 0.2) is 121 Å². The first-order valence-corrected chi connectivity index (χ1v) is 23.6. The zero-order valence-corrected chi connectivity index (χ0v) is 39.2. The highest BCUT2D eigenvalue weighted by Gasteiger charge is 2.74. The number of benzene rings is 5. The molecule has 16 nitrogen and oxygen atoms in total. The minimum Gasteiger partial charge on any atom is -0.491 e. The van der Waals surface area contributed by atoms with Gasteiger partial charge in [0.2, 0.25) is 18.6 Å². The summed E-state index contributed by atoms with van der Waals surface area (Å²) in [6.07, 6.45) is -1.11. The number of carbonyl (C=O) groups is 5. The van der Waals surface area contributed by atoms with Crippen LogP contribution in [0.5, 0.6) is 17.2 Å². The molecule has 0 aliphatic carbocycles. The Morgan fingerprint density at radius 2 is 1.49 bits per heavy atom. The number of anilines is 1. The smallest absolute Gasteiger partial charge is 0.324 e. The van der Waals surface area contributed by atoms with Crippen LogP contribution in [0.2, 0.25) is 0 Å². The monoisotopic (exact) mass is 960 g/mol. The molecule has 0 aromatic heterocycles. The van der Waals surface area contributed by atoms with Crippen molar-refractivity contribution in [2.75, 3.05) is 65.7 Å². The van der Waals surface area contributed by atoms with Gasteiger partial charge in [-0.2, -0.15) is 0 Å². The number of fused-ring (bicyclic) bond motifs is 4. The van der Waals surface area contributed by atoms with E-state index in [2.05, 4.69) is 22.1 Å². The van der Waals surface area contributed by atoms with Gasteiger partial charge in [0.25, 0.3) is 0 Å². The third-order valence-electron chi connectivity index (χ3n) is 14.2. The molecule has 364 valence electrons. The maximum absolute atomic E-state index is 16.1. The van der Waals surface area contributed by atoms with E-state index in [0.717, 1.165) is 11.1 Å². The molecular formula is C55H52N4O12. The largest absolute Gasteiger partial charge is 0.491 e. The predicted octanol–water partition coefficient (Wildman–Crippen LogP) is 5.11. The summed E-state index contributed by atoms with van der Waals surface area (Å²) in [7, 11) is 2.35. The van der Waals surface area contributed by atoms with Crippen molar-refractivity contribution in [1.82, 2.24) is 14.7 Å². The first kappa shape index (κ1) is 47.0. The number of hydrogen-bond donors (Lipinski definition) is 2. The molecule has 5 aromatic carbocycles. The maximum Gasteiger partial charge on any atom is 0.324 e. The van der Waals surface area contributed by atoms with Crippen LogP contribution < -0.4 is 19.5 Å². The number of methoxy groups -OCH3 is 2. The molecule has 6 atom stereocenters. The molecule has 2 N–H and O–H groups in total. The van der Waals surface area contributed by atoms with Crippen LogP contribution in [0, 0.1) is 23.7 Å². The van der Waals surface area contributed by atoms with Gasteiger partial charge in [-0.15, -0.1) is 0 Å². The van der Waals surface area contributed by atoms with Crippen molar-refractivity contribution >= 4 is 35.4 Å². The average molecular weight is 961 g/mol. The van der Waals surface area contributed by atoms with Gasteiger partial charge in [0.15, 0.2) is 17.4 Å². The van der Waals surface area contributed by atoms with E-state index in [1.807, 2.05) is 95.9 Å². The van der Waals surface area contributed by atoms with Gasteiger partial charge >= 0.3 is 17.9 Å². The van der Waals surface area contributed by atoms with Gasteiger partial charge in [0.1, 0.15) is 29.9 Å². The fraction of sp³-hybridized carbons (Fsp3) is 0.327. The second-order valence-corrected chi connectivity index (χ2v) is 18.0. The number of carbonyl (C=O) groups excluding carboxylic acids is 5. The van der Waals surface area contributed by atoms with Crippen molar-refractivity contribution < 1.29 is 57.5 Å². The van der Waals surface area contributed by atoms with Crippen molar-refractivity contribution in [3.8, 4) is 29.1 Å². The van der Waals surface area contributed by atoms with E-state index < -0.39 is 71.2 Å². The highest BCUT2D eigenvalue weighted by molar-refractivity contribution is 6.12. The number of piperazine rings is 1. The second-order valence-electron chi connectivity index (χ2n) is 18.0. The molecule has 2 amide bonds. The molecule has 0 unspecified atom stereocenters. The molecule has 71 heavy (non-hydrogen) atoms. The highest BCUT2D eigenvalue weighted by Crippen LogP contribution is 2.66. The van der Waals surface area contributed by atoms with Crippen LogP contribution in [0.1, 0.15) is 58.0 Å². The number of nitrogens with zero attached hydrogens (tertiary/aromatic N) is 3. The van der Waals surface area contributed by atoms with Gasteiger partial charge in [-0.25, -0.2) is 0 Å². The Balaban J connectivity index is 1.14. The Hall–Kier alpha value is -7.71. The Morgan fingerprint density at radius 3 is 2.21 bits per heavy atom. The summed E-state index contributed by atoms with van der Waals surface area (Å²) in [5.41, 5.74) is 2.42. The molecule has 3 saturated heterocycles. The highest BCUT2D eigenvalue weighted by atomic mass is 16.7. The summed E-state index contributed by atoms with van der Waals surface area (Å²) in [4.78, 5) is 78.6. The summed E-state index contributed by atoms with van der Waals surface area (Å²) < 4.78 is 33.8. The Bertz CT molecular complexity index is 2900. The molecule has 5 aliphatic rings.